The first-order chi connectivity index (χ1) is 32.2. The number of carbonyl (C=O) groups excluding carboxylic acids is 5. The molecule has 66 heavy (non-hydrogen) atoms. The second-order valence-electron chi connectivity index (χ2n) is 18.2. The Morgan fingerprint density at radius 2 is 1.44 bits per heavy atom. The summed E-state index contributed by atoms with van der Waals surface area (Å²) in [5.74, 6) is -0.114. The van der Waals surface area contributed by atoms with E-state index in [0.29, 0.717) is 31.0 Å². The van der Waals surface area contributed by atoms with Crippen LogP contribution < -0.4 is 20.7 Å². The summed E-state index contributed by atoms with van der Waals surface area (Å²) in [6, 6.07) is 22.8. The molecule has 3 aromatic carbocycles. The molecule has 5 aromatic rings. The lowest BCUT2D eigenvalue weighted by Crippen LogP contribution is -2.66. The number of carbonyl (C=O) groups is 5. The average molecular weight is 893 g/mol. The number of nitrogens with zero attached hydrogens (tertiary/aromatic N) is 10. The number of piperidine rings is 3. The zero-order chi connectivity index (χ0) is 45.1. The van der Waals surface area contributed by atoms with Gasteiger partial charge in [-0.15, -0.1) is 0 Å². The second-order valence-corrected chi connectivity index (χ2v) is 18.2. The summed E-state index contributed by atoms with van der Waals surface area (Å²) in [5, 5.41) is 8.16. The molecule has 5 saturated heterocycles. The van der Waals surface area contributed by atoms with Crippen molar-refractivity contribution in [1.29, 1.82) is 0 Å². The molecular weight excluding hydrogens is 841 g/mol. The summed E-state index contributed by atoms with van der Waals surface area (Å²) in [6.45, 7) is 7.84. The number of ether oxygens (including phenoxy) is 1. The van der Waals surface area contributed by atoms with Gasteiger partial charge < -0.3 is 25.2 Å². The van der Waals surface area contributed by atoms with E-state index < -0.39 is 29.7 Å². The highest BCUT2D eigenvalue weighted by Crippen LogP contribution is 2.37. The Kier molecular flexibility index (Phi) is 10.8. The molecule has 0 saturated carbocycles. The second kappa shape index (κ2) is 17.1. The third-order valence-electron chi connectivity index (χ3n) is 14.4. The highest BCUT2D eigenvalue weighted by Gasteiger charge is 2.45. The van der Waals surface area contributed by atoms with Crippen molar-refractivity contribution in [3.63, 3.8) is 0 Å². The fourth-order valence-corrected chi connectivity index (χ4v) is 10.7. The standard InChI is InChI=1S/C48H52N12O6/c49-43-41-42(30-8-11-36(12-9-30)66-35-6-2-1-3-7-35)53-60(44(41)51-29-50-43)33-5-4-18-57(26-33)31-16-19-56(20-17-31)48(65)58-27-34(28-58)55-23-21-54(22-24-55)32-10-13-37-38(25-32)47(64)59(46(37)63)39-14-15-40(61)52-45(39)62/h1-3,6-13,25,29,31,33-34,39H,4-5,14-24,26-28H2,(H2,49,50,51)(H,52,61,62)/t33-,39?/m1/s1. The maximum Gasteiger partial charge on any atom is 0.320 e. The summed E-state index contributed by atoms with van der Waals surface area (Å²) in [6.07, 6.45) is 5.58. The number of imide groups is 2. The van der Waals surface area contributed by atoms with E-state index in [1.807, 2.05) is 70.5 Å². The Bertz CT molecular complexity index is 2710. The number of nitrogen functional groups attached to an aromatic ring is 1. The molecule has 11 rings (SSSR count). The number of amides is 6. The Morgan fingerprint density at radius 1 is 0.697 bits per heavy atom. The van der Waals surface area contributed by atoms with Crippen molar-refractivity contribution in [2.45, 2.75) is 62.7 Å². The molecule has 340 valence electrons. The van der Waals surface area contributed by atoms with Crippen molar-refractivity contribution < 1.29 is 28.7 Å². The SMILES string of the molecule is Nc1ncnc2c1c(-c1ccc(Oc3ccccc3)cc1)nn2[C@@H]1CCCN(C2CCN(C(=O)N3CC(N4CCN(c5ccc6c(c5)C(=O)N(C5CCC(=O)NC5=O)C6=O)CC4)C3)CC2)C1. The number of piperazine rings is 1. The summed E-state index contributed by atoms with van der Waals surface area (Å²) in [5.41, 5.74) is 10.3. The molecule has 3 N–H and O–H groups in total. The van der Waals surface area contributed by atoms with Crippen LogP contribution in [0.25, 0.3) is 22.3 Å². The van der Waals surface area contributed by atoms with Gasteiger partial charge in [0.1, 0.15) is 35.4 Å². The normalized spacial score (nSPS) is 22.5. The Hall–Kier alpha value is -6.92. The van der Waals surface area contributed by atoms with Crippen LogP contribution in [0, 0.1) is 0 Å². The predicted molar refractivity (Wildman–Crippen MR) is 244 cm³/mol. The first-order valence-electron chi connectivity index (χ1n) is 23.1. The summed E-state index contributed by atoms with van der Waals surface area (Å²) >= 11 is 0. The van der Waals surface area contributed by atoms with Crippen LogP contribution in [0.4, 0.5) is 16.3 Å². The van der Waals surface area contributed by atoms with Gasteiger partial charge in [-0.05, 0) is 93.2 Å². The first-order valence-corrected chi connectivity index (χ1v) is 23.1. The Labute approximate surface area is 381 Å². The molecule has 6 aliphatic heterocycles. The number of anilines is 2. The lowest BCUT2D eigenvalue weighted by atomic mass is 9.98. The van der Waals surface area contributed by atoms with Crippen LogP contribution in [0.5, 0.6) is 11.5 Å². The molecular formula is C48H52N12O6. The number of fused-ring (bicyclic) bond motifs is 2. The fraction of sp³-hybridized carbons (Fsp3) is 0.417. The highest BCUT2D eigenvalue weighted by molar-refractivity contribution is 6.23. The monoisotopic (exact) mass is 892 g/mol. The van der Waals surface area contributed by atoms with Crippen LogP contribution in [-0.2, 0) is 9.59 Å². The molecule has 6 amide bonds. The molecule has 8 heterocycles. The van der Waals surface area contributed by atoms with Crippen molar-refractivity contribution in [1.82, 2.24) is 49.6 Å². The Morgan fingerprint density at radius 3 is 2.20 bits per heavy atom. The number of nitrogens with one attached hydrogen (secondary N) is 1. The number of rotatable bonds is 8. The largest absolute Gasteiger partial charge is 0.457 e. The quantitative estimate of drug-likeness (QED) is 0.213. The summed E-state index contributed by atoms with van der Waals surface area (Å²) in [4.78, 5) is 85.7. The van der Waals surface area contributed by atoms with E-state index >= 15 is 0 Å². The van der Waals surface area contributed by atoms with E-state index in [1.54, 1.807) is 12.1 Å². The van der Waals surface area contributed by atoms with E-state index in [2.05, 4.69) is 29.7 Å². The third kappa shape index (κ3) is 7.66. The van der Waals surface area contributed by atoms with Crippen LogP contribution in [0.2, 0.25) is 0 Å². The van der Waals surface area contributed by atoms with Crippen molar-refractivity contribution in [3.05, 3.63) is 90.3 Å². The molecule has 18 heteroatoms. The van der Waals surface area contributed by atoms with Crippen molar-refractivity contribution in [2.24, 2.45) is 0 Å². The van der Waals surface area contributed by atoms with Gasteiger partial charge in [0.15, 0.2) is 5.65 Å². The summed E-state index contributed by atoms with van der Waals surface area (Å²) in [7, 11) is 0. The minimum absolute atomic E-state index is 0.0817. The molecule has 0 spiro atoms. The van der Waals surface area contributed by atoms with E-state index in [0.717, 1.165) is 122 Å². The van der Waals surface area contributed by atoms with Crippen molar-refractivity contribution in [3.8, 4) is 22.8 Å². The van der Waals surface area contributed by atoms with Crippen molar-refractivity contribution >= 4 is 52.2 Å². The number of aromatic nitrogens is 4. The number of likely N-dealkylation sites (tertiary alicyclic amines) is 3. The van der Waals surface area contributed by atoms with Gasteiger partial charge in [0, 0.05) is 88.7 Å². The number of hydrogen-bond acceptors (Lipinski definition) is 13. The number of para-hydroxylation sites is 1. The molecule has 6 aliphatic rings. The van der Waals surface area contributed by atoms with E-state index in [1.165, 1.54) is 6.33 Å². The van der Waals surface area contributed by atoms with Crippen LogP contribution in [0.15, 0.2) is 79.1 Å². The van der Waals surface area contributed by atoms with Crippen LogP contribution in [0.3, 0.4) is 0 Å². The molecule has 0 bridgehead atoms. The van der Waals surface area contributed by atoms with Gasteiger partial charge in [0.2, 0.25) is 11.8 Å². The van der Waals surface area contributed by atoms with Gasteiger partial charge in [0.05, 0.1) is 22.6 Å². The van der Waals surface area contributed by atoms with Crippen LogP contribution in [0.1, 0.15) is 65.3 Å². The fourth-order valence-electron chi connectivity index (χ4n) is 10.7. The Balaban J connectivity index is 0.660. The average Bonchev–Trinajstić information content (AvgIpc) is 3.84. The molecule has 2 aromatic heterocycles. The highest BCUT2D eigenvalue weighted by atomic mass is 16.5. The molecule has 1 unspecified atom stereocenters. The molecule has 0 aliphatic carbocycles. The number of benzene rings is 3. The zero-order valence-electron chi connectivity index (χ0n) is 36.6. The maximum atomic E-state index is 13.7. The minimum atomic E-state index is -0.989. The lowest BCUT2D eigenvalue weighted by Gasteiger charge is -2.50. The lowest BCUT2D eigenvalue weighted by molar-refractivity contribution is -0.136. The van der Waals surface area contributed by atoms with Gasteiger partial charge in [0.25, 0.3) is 11.8 Å². The van der Waals surface area contributed by atoms with Gasteiger partial charge >= 0.3 is 6.03 Å². The van der Waals surface area contributed by atoms with E-state index in [-0.39, 0.29) is 36.0 Å². The van der Waals surface area contributed by atoms with Crippen molar-refractivity contribution in [2.75, 3.05) is 76.1 Å². The molecule has 18 nitrogen and oxygen atoms in total. The topological polar surface area (TPSA) is 196 Å². The maximum absolute atomic E-state index is 13.7. The van der Waals surface area contributed by atoms with Gasteiger partial charge in [-0.2, -0.15) is 5.10 Å². The summed E-state index contributed by atoms with van der Waals surface area (Å²) < 4.78 is 8.08. The molecule has 2 atom stereocenters. The van der Waals surface area contributed by atoms with E-state index in [4.69, 9.17) is 20.6 Å². The molecule has 5 fully saturated rings. The minimum Gasteiger partial charge on any atom is -0.457 e. The number of hydrogen-bond donors (Lipinski definition) is 2. The van der Waals surface area contributed by atoms with Gasteiger partial charge in [-0.3, -0.25) is 39.2 Å². The van der Waals surface area contributed by atoms with Gasteiger partial charge in [-0.1, -0.05) is 18.2 Å². The van der Waals surface area contributed by atoms with E-state index in [9.17, 15) is 24.0 Å². The number of nitrogens with two attached hydrogens (primary N) is 1. The number of urea groups is 1. The predicted octanol–water partition coefficient (Wildman–Crippen LogP) is 4.00. The first kappa shape index (κ1) is 41.8. The zero-order valence-corrected chi connectivity index (χ0v) is 36.6. The van der Waals surface area contributed by atoms with Crippen LogP contribution in [-0.4, -0.2) is 157 Å². The third-order valence-corrected chi connectivity index (χ3v) is 14.4. The molecule has 0 radical (unpaired) electrons. The van der Waals surface area contributed by atoms with Gasteiger partial charge in [-0.25, -0.2) is 19.4 Å². The van der Waals surface area contributed by atoms with Crippen LogP contribution >= 0.6 is 0 Å². The smallest absolute Gasteiger partial charge is 0.320 e.